The molecule has 0 spiro atoms. The average molecular weight is 570 g/mol. The first-order chi connectivity index (χ1) is 18.4. The van der Waals surface area contributed by atoms with Gasteiger partial charge in [0.2, 0.25) is 11.8 Å². The first-order valence-electron chi connectivity index (χ1n) is 12.9. The summed E-state index contributed by atoms with van der Waals surface area (Å²) >= 11 is 6.37. The molecule has 9 heteroatoms. The van der Waals surface area contributed by atoms with Gasteiger partial charge in [-0.05, 0) is 75.1 Å². The molecule has 39 heavy (non-hydrogen) atoms. The van der Waals surface area contributed by atoms with Gasteiger partial charge >= 0.3 is 0 Å². The Kier molecular flexibility index (Phi) is 10.2. The number of sulfonamides is 1. The number of carbonyl (C=O) groups is 2. The molecule has 3 aromatic carbocycles. The van der Waals surface area contributed by atoms with Crippen molar-refractivity contribution >= 4 is 39.1 Å². The molecular weight excluding hydrogens is 534 g/mol. The quantitative estimate of drug-likeness (QED) is 0.331. The van der Waals surface area contributed by atoms with Gasteiger partial charge in [0, 0.05) is 17.6 Å². The third-order valence-electron chi connectivity index (χ3n) is 6.47. The highest BCUT2D eigenvalue weighted by atomic mass is 35.5. The minimum absolute atomic E-state index is 0.0459. The number of benzene rings is 3. The number of amides is 2. The van der Waals surface area contributed by atoms with Crippen LogP contribution in [0, 0.1) is 13.8 Å². The number of nitrogens with zero attached hydrogens (tertiary/aromatic N) is 2. The molecule has 0 aliphatic heterocycles. The molecule has 208 valence electrons. The lowest BCUT2D eigenvalue weighted by Gasteiger charge is -2.34. The number of nitrogens with one attached hydrogen (secondary N) is 1. The number of aryl methyl sites for hydroxylation is 2. The maximum absolute atomic E-state index is 14.1. The Hall–Kier alpha value is -3.36. The lowest BCUT2D eigenvalue weighted by atomic mass is 10.1. The summed E-state index contributed by atoms with van der Waals surface area (Å²) in [5, 5.41) is 3.28. The Labute approximate surface area is 236 Å². The molecule has 0 radical (unpaired) electrons. The Morgan fingerprint density at radius 1 is 0.923 bits per heavy atom. The van der Waals surface area contributed by atoms with Gasteiger partial charge in [0.05, 0.1) is 10.6 Å². The number of hydrogen-bond donors (Lipinski definition) is 1. The molecule has 0 aliphatic rings. The van der Waals surface area contributed by atoms with E-state index in [1.54, 1.807) is 36.4 Å². The highest BCUT2D eigenvalue weighted by molar-refractivity contribution is 7.92. The summed E-state index contributed by atoms with van der Waals surface area (Å²) in [7, 11) is -4.14. The van der Waals surface area contributed by atoms with E-state index >= 15 is 0 Å². The Bertz CT molecular complexity index is 1410. The smallest absolute Gasteiger partial charge is 0.264 e. The molecule has 0 saturated carbocycles. The number of anilines is 1. The van der Waals surface area contributed by atoms with Crippen molar-refractivity contribution in [3.05, 3.63) is 94.5 Å². The van der Waals surface area contributed by atoms with Crippen molar-refractivity contribution in [2.45, 2.75) is 64.6 Å². The van der Waals surface area contributed by atoms with Gasteiger partial charge < -0.3 is 10.2 Å². The topological polar surface area (TPSA) is 86.8 Å². The zero-order chi connectivity index (χ0) is 28.7. The van der Waals surface area contributed by atoms with E-state index in [9.17, 15) is 18.0 Å². The predicted molar refractivity (Wildman–Crippen MR) is 156 cm³/mol. The van der Waals surface area contributed by atoms with Crippen LogP contribution in [0.1, 0.15) is 43.9 Å². The highest BCUT2D eigenvalue weighted by Crippen LogP contribution is 2.29. The second kappa shape index (κ2) is 13.1. The largest absolute Gasteiger partial charge is 0.352 e. The van der Waals surface area contributed by atoms with Crippen LogP contribution in [0.5, 0.6) is 0 Å². The van der Waals surface area contributed by atoms with E-state index in [4.69, 9.17) is 11.6 Å². The van der Waals surface area contributed by atoms with Crippen LogP contribution >= 0.6 is 11.6 Å². The summed E-state index contributed by atoms with van der Waals surface area (Å²) in [6.07, 6.45) is 0.359. The maximum Gasteiger partial charge on any atom is 0.264 e. The van der Waals surface area contributed by atoms with Crippen LogP contribution in [0.4, 0.5) is 5.69 Å². The minimum Gasteiger partial charge on any atom is -0.352 e. The summed E-state index contributed by atoms with van der Waals surface area (Å²) in [4.78, 5) is 28.8. The van der Waals surface area contributed by atoms with Crippen molar-refractivity contribution in [2.24, 2.45) is 0 Å². The van der Waals surface area contributed by atoms with E-state index in [-0.39, 0.29) is 29.1 Å². The third-order valence-corrected chi connectivity index (χ3v) is 8.67. The standard InChI is InChI=1S/C30H36ClN3O4S/c1-6-28(30(36)32-21(2)3)33(19-24-13-11-10-12-22(24)4)29(35)20-34(25-17-16-23(5)27(31)18-25)39(37,38)26-14-8-7-9-15-26/h7-18,21,28H,6,19-20H2,1-5H3,(H,32,36). The molecule has 0 heterocycles. The van der Waals surface area contributed by atoms with Crippen molar-refractivity contribution in [1.82, 2.24) is 10.2 Å². The molecule has 7 nitrogen and oxygen atoms in total. The zero-order valence-corrected chi connectivity index (χ0v) is 24.6. The molecule has 1 unspecified atom stereocenters. The van der Waals surface area contributed by atoms with Crippen LogP contribution in [0.15, 0.2) is 77.7 Å². The molecule has 1 N–H and O–H groups in total. The van der Waals surface area contributed by atoms with Crippen molar-refractivity contribution < 1.29 is 18.0 Å². The first-order valence-corrected chi connectivity index (χ1v) is 14.8. The van der Waals surface area contributed by atoms with Crippen LogP contribution < -0.4 is 9.62 Å². The van der Waals surface area contributed by atoms with E-state index in [0.717, 1.165) is 21.0 Å². The molecule has 3 rings (SSSR count). The van der Waals surface area contributed by atoms with Crippen molar-refractivity contribution in [3.63, 3.8) is 0 Å². The monoisotopic (exact) mass is 569 g/mol. The predicted octanol–water partition coefficient (Wildman–Crippen LogP) is 5.48. The van der Waals surface area contributed by atoms with E-state index in [2.05, 4.69) is 5.32 Å². The van der Waals surface area contributed by atoms with Gasteiger partial charge in [0.25, 0.3) is 10.0 Å². The van der Waals surface area contributed by atoms with Gasteiger partial charge in [0.1, 0.15) is 12.6 Å². The number of rotatable bonds is 11. The van der Waals surface area contributed by atoms with E-state index in [1.165, 1.54) is 17.0 Å². The van der Waals surface area contributed by atoms with Crippen LogP contribution in [0.2, 0.25) is 5.02 Å². The number of carbonyl (C=O) groups excluding carboxylic acids is 2. The van der Waals surface area contributed by atoms with Gasteiger partial charge in [-0.15, -0.1) is 0 Å². The number of hydrogen-bond acceptors (Lipinski definition) is 4. The molecule has 2 amide bonds. The van der Waals surface area contributed by atoms with Crippen molar-refractivity contribution in [3.8, 4) is 0 Å². The van der Waals surface area contributed by atoms with E-state index in [1.807, 2.05) is 58.9 Å². The minimum atomic E-state index is -4.14. The molecular formula is C30H36ClN3O4S. The molecule has 0 saturated heterocycles. The molecule has 0 bridgehead atoms. The SMILES string of the molecule is CCC(C(=O)NC(C)C)N(Cc1ccccc1C)C(=O)CN(c1ccc(C)c(Cl)c1)S(=O)(=O)c1ccccc1. The fourth-order valence-electron chi connectivity index (χ4n) is 4.26. The van der Waals surface area contributed by atoms with Crippen molar-refractivity contribution in [2.75, 3.05) is 10.8 Å². The van der Waals surface area contributed by atoms with Crippen LogP contribution in [-0.2, 0) is 26.2 Å². The highest BCUT2D eigenvalue weighted by Gasteiger charge is 2.34. The van der Waals surface area contributed by atoms with Gasteiger partial charge in [0.15, 0.2) is 0 Å². The van der Waals surface area contributed by atoms with Crippen LogP contribution in [-0.4, -0.2) is 43.8 Å². The average Bonchev–Trinajstić information content (AvgIpc) is 2.89. The van der Waals surface area contributed by atoms with Gasteiger partial charge in [-0.25, -0.2) is 8.42 Å². The normalized spacial score (nSPS) is 12.2. The van der Waals surface area contributed by atoms with Crippen molar-refractivity contribution in [1.29, 1.82) is 0 Å². The molecule has 0 fully saturated rings. The van der Waals surface area contributed by atoms with Crippen LogP contribution in [0.3, 0.4) is 0 Å². The molecule has 3 aromatic rings. The molecule has 0 aromatic heterocycles. The summed E-state index contributed by atoms with van der Waals surface area (Å²) in [5.41, 5.74) is 2.88. The van der Waals surface area contributed by atoms with Crippen LogP contribution in [0.25, 0.3) is 0 Å². The first kappa shape index (κ1) is 30.2. The van der Waals surface area contributed by atoms with E-state index in [0.29, 0.717) is 11.4 Å². The fraction of sp³-hybridized carbons (Fsp3) is 0.333. The second-order valence-electron chi connectivity index (χ2n) is 9.79. The zero-order valence-electron chi connectivity index (χ0n) is 23.0. The Balaban J connectivity index is 2.09. The lowest BCUT2D eigenvalue weighted by molar-refractivity contribution is -0.140. The number of halogens is 1. The Morgan fingerprint density at radius 3 is 2.15 bits per heavy atom. The third kappa shape index (κ3) is 7.40. The molecule has 1 atom stereocenters. The van der Waals surface area contributed by atoms with Gasteiger partial charge in [-0.2, -0.15) is 0 Å². The summed E-state index contributed by atoms with van der Waals surface area (Å²) < 4.78 is 28.8. The fourth-order valence-corrected chi connectivity index (χ4v) is 5.86. The van der Waals surface area contributed by atoms with Gasteiger partial charge in [-0.1, -0.05) is 67.1 Å². The summed E-state index contributed by atoms with van der Waals surface area (Å²) in [6.45, 7) is 8.95. The molecule has 0 aliphatic carbocycles. The summed E-state index contributed by atoms with van der Waals surface area (Å²) in [6, 6.07) is 19.5. The summed E-state index contributed by atoms with van der Waals surface area (Å²) in [5.74, 6) is -0.787. The second-order valence-corrected chi connectivity index (χ2v) is 12.1. The van der Waals surface area contributed by atoms with E-state index < -0.39 is 28.5 Å². The Morgan fingerprint density at radius 2 is 1.56 bits per heavy atom. The van der Waals surface area contributed by atoms with Gasteiger partial charge in [-0.3, -0.25) is 13.9 Å². The lowest BCUT2D eigenvalue weighted by Crippen LogP contribution is -2.53. The maximum atomic E-state index is 14.1.